The van der Waals surface area contributed by atoms with Gasteiger partial charge in [-0.2, -0.15) is 0 Å². The van der Waals surface area contributed by atoms with Crippen molar-refractivity contribution in [3.05, 3.63) is 15.3 Å². The minimum atomic E-state index is -4.14. The van der Waals surface area contributed by atoms with Crippen LogP contribution in [0.2, 0.25) is 0 Å². The molecule has 0 spiro atoms. The SMILES string of the molecule is COc1nc(I)c(C(F)F)cc1S(N)(=O)=O. The molecule has 2 N–H and O–H groups in total. The normalized spacial score (nSPS) is 11.9. The van der Waals surface area contributed by atoms with Crippen LogP contribution in [0.15, 0.2) is 11.0 Å². The van der Waals surface area contributed by atoms with Crippen LogP contribution in [-0.4, -0.2) is 20.5 Å². The lowest BCUT2D eigenvalue weighted by molar-refractivity contribution is 0.149. The summed E-state index contributed by atoms with van der Waals surface area (Å²) in [4.78, 5) is 3.05. The number of alkyl halides is 2. The number of methoxy groups -OCH3 is 1. The van der Waals surface area contributed by atoms with Crippen molar-refractivity contribution in [1.29, 1.82) is 0 Å². The minimum Gasteiger partial charge on any atom is -0.480 e. The molecule has 0 aliphatic heterocycles. The lowest BCUT2D eigenvalue weighted by atomic mass is 10.3. The number of sulfonamides is 1. The van der Waals surface area contributed by atoms with E-state index in [1.165, 1.54) is 7.11 Å². The first-order valence-corrected chi connectivity index (χ1v) is 6.45. The average molecular weight is 364 g/mol. The molecule has 0 atom stereocenters. The maximum Gasteiger partial charge on any atom is 0.266 e. The topological polar surface area (TPSA) is 82.3 Å². The fraction of sp³-hybridized carbons (Fsp3) is 0.286. The van der Waals surface area contributed by atoms with Crippen LogP contribution in [0, 0.1) is 3.70 Å². The minimum absolute atomic E-state index is 0.0307. The molecule has 1 aromatic heterocycles. The van der Waals surface area contributed by atoms with Crippen molar-refractivity contribution in [2.24, 2.45) is 5.14 Å². The number of hydrogen-bond donors (Lipinski definition) is 1. The Balaban J connectivity index is 3.53. The van der Waals surface area contributed by atoms with E-state index in [2.05, 4.69) is 9.72 Å². The van der Waals surface area contributed by atoms with E-state index in [0.29, 0.717) is 0 Å². The second-order valence-corrected chi connectivity index (χ2v) is 5.27. The number of primary sulfonamides is 1. The molecule has 5 nitrogen and oxygen atoms in total. The first kappa shape index (κ1) is 13.5. The van der Waals surface area contributed by atoms with E-state index >= 15 is 0 Å². The predicted octanol–water partition coefficient (Wildman–Crippen LogP) is 1.28. The summed E-state index contributed by atoms with van der Waals surface area (Å²) in [5.74, 6) is -0.295. The molecule has 0 fully saturated rings. The average Bonchev–Trinajstić information content (AvgIpc) is 2.14. The van der Waals surface area contributed by atoms with Gasteiger partial charge in [-0.1, -0.05) is 0 Å². The van der Waals surface area contributed by atoms with Crippen molar-refractivity contribution in [2.75, 3.05) is 7.11 Å². The molecule has 0 bridgehead atoms. The Morgan fingerprint density at radius 1 is 1.56 bits per heavy atom. The lowest BCUT2D eigenvalue weighted by Gasteiger charge is -2.09. The van der Waals surface area contributed by atoms with Crippen molar-refractivity contribution >= 4 is 32.6 Å². The number of ether oxygens (including phenoxy) is 1. The van der Waals surface area contributed by atoms with E-state index in [0.717, 1.165) is 6.07 Å². The zero-order chi connectivity index (χ0) is 12.5. The molecule has 1 heterocycles. The van der Waals surface area contributed by atoms with E-state index in [4.69, 9.17) is 5.14 Å². The summed E-state index contributed by atoms with van der Waals surface area (Å²) in [5, 5.41) is 4.86. The first-order valence-electron chi connectivity index (χ1n) is 3.82. The van der Waals surface area contributed by atoms with Crippen molar-refractivity contribution in [1.82, 2.24) is 4.98 Å². The highest BCUT2D eigenvalue weighted by atomic mass is 127. The number of rotatable bonds is 3. The summed E-state index contributed by atoms with van der Waals surface area (Å²) in [7, 11) is -2.97. The monoisotopic (exact) mass is 364 g/mol. The lowest BCUT2D eigenvalue weighted by Crippen LogP contribution is -2.15. The van der Waals surface area contributed by atoms with Gasteiger partial charge in [-0.3, -0.25) is 0 Å². The van der Waals surface area contributed by atoms with Crippen LogP contribution in [0.1, 0.15) is 12.0 Å². The van der Waals surface area contributed by atoms with Crippen molar-refractivity contribution in [3.8, 4) is 5.88 Å². The maximum absolute atomic E-state index is 12.5. The van der Waals surface area contributed by atoms with Crippen LogP contribution in [-0.2, 0) is 10.0 Å². The molecule has 0 aromatic carbocycles. The third-order valence-electron chi connectivity index (χ3n) is 1.67. The van der Waals surface area contributed by atoms with Gasteiger partial charge in [0.25, 0.3) is 6.43 Å². The molecule has 90 valence electrons. The van der Waals surface area contributed by atoms with Gasteiger partial charge in [-0.05, 0) is 28.7 Å². The van der Waals surface area contributed by atoms with Gasteiger partial charge in [-0.25, -0.2) is 27.3 Å². The molecule has 0 unspecified atom stereocenters. The molecular formula is C7H7F2IN2O3S. The van der Waals surface area contributed by atoms with Crippen molar-refractivity contribution < 1.29 is 21.9 Å². The Kier molecular flexibility index (Phi) is 4.02. The van der Waals surface area contributed by atoms with Crippen molar-refractivity contribution in [2.45, 2.75) is 11.3 Å². The third kappa shape index (κ3) is 2.77. The summed E-state index contributed by atoms with van der Waals surface area (Å²) in [6.07, 6.45) is -2.83. The van der Waals surface area contributed by atoms with Gasteiger partial charge in [0.05, 0.1) is 12.7 Å². The molecule has 0 amide bonds. The summed E-state index contributed by atoms with van der Waals surface area (Å²) in [5.41, 5.74) is -0.495. The van der Waals surface area contributed by atoms with Crippen LogP contribution in [0.5, 0.6) is 5.88 Å². The zero-order valence-corrected chi connectivity index (χ0v) is 10.9. The van der Waals surface area contributed by atoms with Crippen LogP contribution < -0.4 is 9.88 Å². The van der Waals surface area contributed by atoms with Gasteiger partial charge in [0.2, 0.25) is 15.9 Å². The second kappa shape index (κ2) is 4.75. The smallest absolute Gasteiger partial charge is 0.266 e. The van der Waals surface area contributed by atoms with Gasteiger partial charge < -0.3 is 4.74 Å². The summed E-state index contributed by atoms with van der Waals surface area (Å²) in [6, 6.07) is 0.771. The number of nitrogens with two attached hydrogens (primary N) is 1. The number of hydrogen-bond acceptors (Lipinski definition) is 4. The number of aromatic nitrogens is 1. The maximum atomic E-state index is 12.5. The largest absolute Gasteiger partial charge is 0.480 e. The van der Waals surface area contributed by atoms with Gasteiger partial charge in [0, 0.05) is 0 Å². The summed E-state index contributed by atoms with van der Waals surface area (Å²) < 4.78 is 51.9. The predicted molar refractivity (Wildman–Crippen MR) is 59.8 cm³/mol. The molecular weight excluding hydrogens is 357 g/mol. The highest BCUT2D eigenvalue weighted by Crippen LogP contribution is 2.30. The van der Waals surface area contributed by atoms with E-state index < -0.39 is 26.9 Å². The fourth-order valence-corrected chi connectivity index (χ4v) is 2.25. The fourth-order valence-electron chi connectivity index (χ4n) is 0.974. The molecule has 0 saturated carbocycles. The van der Waals surface area contributed by atoms with Crippen molar-refractivity contribution in [3.63, 3.8) is 0 Å². The van der Waals surface area contributed by atoms with Gasteiger partial charge in [-0.15, -0.1) is 0 Å². The van der Waals surface area contributed by atoms with E-state index in [1.54, 1.807) is 22.6 Å². The molecule has 0 aliphatic carbocycles. The highest BCUT2D eigenvalue weighted by Gasteiger charge is 2.23. The van der Waals surface area contributed by atoms with Crippen LogP contribution >= 0.6 is 22.6 Å². The van der Waals surface area contributed by atoms with E-state index in [1.807, 2.05) is 0 Å². The number of nitrogens with zero attached hydrogens (tertiary/aromatic N) is 1. The van der Waals surface area contributed by atoms with E-state index in [9.17, 15) is 17.2 Å². The van der Waals surface area contributed by atoms with E-state index in [-0.39, 0.29) is 9.58 Å². The third-order valence-corrected chi connectivity index (χ3v) is 3.44. The molecule has 0 radical (unpaired) electrons. The van der Waals surface area contributed by atoms with Crippen LogP contribution in [0.25, 0.3) is 0 Å². The standard InChI is InChI=1S/C7H7F2IN2O3S/c1-15-7-4(16(11,13)14)2-3(5(8)9)6(10)12-7/h2,5H,1H3,(H2,11,13,14). The van der Waals surface area contributed by atoms with Gasteiger partial charge >= 0.3 is 0 Å². The summed E-state index contributed by atoms with van der Waals surface area (Å²) in [6.45, 7) is 0. The number of pyridine rings is 1. The number of halogens is 3. The Morgan fingerprint density at radius 3 is 2.50 bits per heavy atom. The molecule has 16 heavy (non-hydrogen) atoms. The second-order valence-electron chi connectivity index (χ2n) is 2.72. The zero-order valence-electron chi connectivity index (χ0n) is 7.95. The molecule has 9 heteroatoms. The van der Waals surface area contributed by atoms with Crippen LogP contribution in [0.4, 0.5) is 8.78 Å². The molecule has 1 rings (SSSR count). The first-order chi connectivity index (χ1) is 7.27. The van der Waals surface area contributed by atoms with Crippen LogP contribution in [0.3, 0.4) is 0 Å². The Hall–Kier alpha value is -0.550. The summed E-state index contributed by atoms with van der Waals surface area (Å²) >= 11 is 1.56. The van der Waals surface area contributed by atoms with Gasteiger partial charge in [0.15, 0.2) is 0 Å². The quantitative estimate of drug-likeness (QED) is 0.647. The Labute approximate surface area is 104 Å². The Bertz CT molecular complexity index is 507. The molecule has 0 saturated heterocycles. The van der Waals surface area contributed by atoms with Gasteiger partial charge in [0.1, 0.15) is 8.60 Å². The molecule has 0 aliphatic rings. The molecule has 1 aromatic rings. The highest BCUT2D eigenvalue weighted by molar-refractivity contribution is 14.1. The Morgan fingerprint density at radius 2 is 2.12 bits per heavy atom.